The third kappa shape index (κ3) is 3.66. The van der Waals surface area contributed by atoms with Crippen LogP contribution in [0.1, 0.15) is 46.5 Å². The maximum atomic E-state index is 11.5. The van der Waals surface area contributed by atoms with E-state index >= 15 is 0 Å². The van der Waals surface area contributed by atoms with Gasteiger partial charge in [-0.3, -0.25) is 4.79 Å². The first-order chi connectivity index (χ1) is 6.43. The quantitative estimate of drug-likeness (QED) is 0.704. The van der Waals surface area contributed by atoms with Crippen molar-refractivity contribution in [1.82, 2.24) is 5.32 Å². The highest BCUT2D eigenvalue weighted by Crippen LogP contribution is 2.34. The number of carbonyl (C=O) groups is 1. The van der Waals surface area contributed by atoms with Crippen molar-refractivity contribution in [2.45, 2.75) is 58.1 Å². The van der Waals surface area contributed by atoms with Crippen LogP contribution in [0.15, 0.2) is 0 Å². The number of hydrogen-bond donors (Lipinski definition) is 2. The lowest BCUT2D eigenvalue weighted by molar-refractivity contribution is -0.137. The fourth-order valence-corrected chi connectivity index (χ4v) is 1.45. The Bertz CT molecular complexity index is 204. The SMILES string of the molecule is CCC(CC1CC1)NC(=O)C(C)(C)O. The van der Waals surface area contributed by atoms with Crippen LogP contribution in [0.2, 0.25) is 0 Å². The molecule has 1 amide bonds. The van der Waals surface area contributed by atoms with Crippen LogP contribution in [0.3, 0.4) is 0 Å². The molecule has 0 aromatic heterocycles. The fourth-order valence-electron chi connectivity index (χ4n) is 1.45. The van der Waals surface area contributed by atoms with Crippen molar-refractivity contribution < 1.29 is 9.90 Å². The summed E-state index contributed by atoms with van der Waals surface area (Å²) < 4.78 is 0. The molecular formula is C11H21NO2. The molecule has 1 rings (SSSR count). The summed E-state index contributed by atoms with van der Waals surface area (Å²) in [5.41, 5.74) is -1.25. The first-order valence-corrected chi connectivity index (χ1v) is 5.46. The molecule has 2 N–H and O–H groups in total. The van der Waals surface area contributed by atoms with E-state index in [2.05, 4.69) is 12.2 Å². The predicted molar refractivity (Wildman–Crippen MR) is 55.9 cm³/mol. The average Bonchev–Trinajstić information content (AvgIpc) is 2.85. The van der Waals surface area contributed by atoms with Crippen molar-refractivity contribution in [3.8, 4) is 0 Å². The molecule has 1 aliphatic rings. The van der Waals surface area contributed by atoms with E-state index in [4.69, 9.17) is 0 Å². The molecule has 82 valence electrons. The van der Waals surface area contributed by atoms with Crippen LogP contribution >= 0.6 is 0 Å². The lowest BCUT2D eigenvalue weighted by Crippen LogP contribution is -2.46. The van der Waals surface area contributed by atoms with E-state index in [1.807, 2.05) is 0 Å². The maximum absolute atomic E-state index is 11.5. The molecule has 1 aliphatic carbocycles. The summed E-state index contributed by atoms with van der Waals surface area (Å²) in [5.74, 6) is 0.548. The molecule has 1 unspecified atom stereocenters. The van der Waals surface area contributed by atoms with Crippen LogP contribution in [0.5, 0.6) is 0 Å². The van der Waals surface area contributed by atoms with Crippen LogP contribution in [-0.4, -0.2) is 22.7 Å². The fraction of sp³-hybridized carbons (Fsp3) is 0.909. The van der Waals surface area contributed by atoms with Crippen molar-refractivity contribution in [3.05, 3.63) is 0 Å². The van der Waals surface area contributed by atoms with Gasteiger partial charge in [0.05, 0.1) is 0 Å². The number of hydrogen-bond acceptors (Lipinski definition) is 2. The van der Waals surface area contributed by atoms with E-state index in [0.29, 0.717) is 0 Å². The van der Waals surface area contributed by atoms with Gasteiger partial charge in [0, 0.05) is 6.04 Å². The zero-order chi connectivity index (χ0) is 10.8. The molecule has 1 atom stereocenters. The smallest absolute Gasteiger partial charge is 0.251 e. The molecule has 0 bridgehead atoms. The van der Waals surface area contributed by atoms with E-state index in [1.165, 1.54) is 26.7 Å². The minimum atomic E-state index is -1.25. The largest absolute Gasteiger partial charge is 0.381 e. The van der Waals surface area contributed by atoms with Gasteiger partial charge in [0.15, 0.2) is 0 Å². The molecule has 0 aromatic rings. The summed E-state index contributed by atoms with van der Waals surface area (Å²) in [6.45, 7) is 5.11. The van der Waals surface area contributed by atoms with Gasteiger partial charge in [-0.15, -0.1) is 0 Å². The normalized spacial score (nSPS) is 19.1. The number of carbonyl (C=O) groups excluding carboxylic acids is 1. The Kier molecular flexibility index (Phi) is 3.53. The number of nitrogens with one attached hydrogen (secondary N) is 1. The summed E-state index contributed by atoms with van der Waals surface area (Å²) in [4.78, 5) is 11.5. The van der Waals surface area contributed by atoms with E-state index < -0.39 is 5.60 Å². The number of rotatable bonds is 5. The minimum Gasteiger partial charge on any atom is -0.381 e. The van der Waals surface area contributed by atoms with Gasteiger partial charge in [0.1, 0.15) is 5.60 Å². The molecule has 0 saturated heterocycles. The van der Waals surface area contributed by atoms with Gasteiger partial charge in [-0.2, -0.15) is 0 Å². The summed E-state index contributed by atoms with van der Waals surface area (Å²) in [6, 6.07) is 0.237. The first kappa shape index (κ1) is 11.5. The van der Waals surface area contributed by atoms with Gasteiger partial charge in [0.2, 0.25) is 0 Å². The first-order valence-electron chi connectivity index (χ1n) is 5.46. The Balaban J connectivity index is 2.34. The van der Waals surface area contributed by atoms with Crippen LogP contribution < -0.4 is 5.32 Å². The van der Waals surface area contributed by atoms with Crippen LogP contribution in [0.25, 0.3) is 0 Å². The van der Waals surface area contributed by atoms with Crippen molar-refractivity contribution in [1.29, 1.82) is 0 Å². The third-order valence-corrected chi connectivity index (χ3v) is 2.70. The Labute approximate surface area is 85.9 Å². The Hall–Kier alpha value is -0.570. The third-order valence-electron chi connectivity index (χ3n) is 2.70. The predicted octanol–water partition coefficient (Wildman–Crippen LogP) is 1.45. The second-order valence-electron chi connectivity index (χ2n) is 4.82. The molecule has 14 heavy (non-hydrogen) atoms. The van der Waals surface area contributed by atoms with Crippen molar-refractivity contribution in [2.24, 2.45) is 5.92 Å². The summed E-state index contributed by atoms with van der Waals surface area (Å²) >= 11 is 0. The zero-order valence-corrected chi connectivity index (χ0v) is 9.34. The highest BCUT2D eigenvalue weighted by atomic mass is 16.3. The molecule has 0 spiro atoms. The van der Waals surface area contributed by atoms with Crippen LogP contribution in [-0.2, 0) is 4.79 Å². The minimum absolute atomic E-state index is 0.237. The molecule has 3 heteroatoms. The van der Waals surface area contributed by atoms with Crippen molar-refractivity contribution >= 4 is 5.91 Å². The Morgan fingerprint density at radius 3 is 2.50 bits per heavy atom. The van der Waals surface area contributed by atoms with Gasteiger partial charge >= 0.3 is 0 Å². The summed E-state index contributed by atoms with van der Waals surface area (Å²) in [7, 11) is 0. The highest BCUT2D eigenvalue weighted by Gasteiger charge is 2.29. The van der Waals surface area contributed by atoms with Gasteiger partial charge in [0.25, 0.3) is 5.91 Å². The molecule has 3 nitrogen and oxygen atoms in total. The molecule has 0 aliphatic heterocycles. The van der Waals surface area contributed by atoms with Gasteiger partial charge in [-0.25, -0.2) is 0 Å². The molecule has 1 saturated carbocycles. The standard InChI is InChI=1S/C11H21NO2/c1-4-9(7-8-5-6-8)12-10(13)11(2,3)14/h8-9,14H,4-7H2,1-3H3,(H,12,13). The lowest BCUT2D eigenvalue weighted by atomic mass is 10.0. The second kappa shape index (κ2) is 4.30. The van der Waals surface area contributed by atoms with Crippen LogP contribution in [0.4, 0.5) is 0 Å². The monoisotopic (exact) mass is 199 g/mol. The topological polar surface area (TPSA) is 49.3 Å². The van der Waals surface area contributed by atoms with Gasteiger partial charge in [-0.05, 0) is 32.6 Å². The van der Waals surface area contributed by atoms with E-state index in [1.54, 1.807) is 0 Å². The average molecular weight is 199 g/mol. The molecule has 1 fully saturated rings. The highest BCUT2D eigenvalue weighted by molar-refractivity contribution is 5.84. The molecule has 0 radical (unpaired) electrons. The van der Waals surface area contributed by atoms with Crippen LogP contribution in [0, 0.1) is 5.92 Å². The number of aliphatic hydroxyl groups is 1. The zero-order valence-electron chi connectivity index (χ0n) is 9.34. The van der Waals surface area contributed by atoms with Gasteiger partial charge in [-0.1, -0.05) is 19.8 Å². The molecule has 0 aromatic carbocycles. The molecule has 0 heterocycles. The maximum Gasteiger partial charge on any atom is 0.251 e. The van der Waals surface area contributed by atoms with E-state index in [-0.39, 0.29) is 11.9 Å². The van der Waals surface area contributed by atoms with Crippen molar-refractivity contribution in [2.75, 3.05) is 0 Å². The summed E-state index contributed by atoms with van der Waals surface area (Å²) in [5, 5.41) is 12.4. The second-order valence-corrected chi connectivity index (χ2v) is 4.82. The Morgan fingerprint density at radius 1 is 1.57 bits per heavy atom. The number of amides is 1. The van der Waals surface area contributed by atoms with E-state index in [9.17, 15) is 9.90 Å². The lowest BCUT2D eigenvalue weighted by Gasteiger charge is -2.22. The van der Waals surface area contributed by atoms with E-state index in [0.717, 1.165) is 18.8 Å². The Morgan fingerprint density at radius 2 is 2.14 bits per heavy atom. The van der Waals surface area contributed by atoms with Gasteiger partial charge < -0.3 is 10.4 Å². The molecular weight excluding hydrogens is 178 g/mol. The van der Waals surface area contributed by atoms with Crippen molar-refractivity contribution in [3.63, 3.8) is 0 Å². The summed E-state index contributed by atoms with van der Waals surface area (Å²) in [6.07, 6.45) is 4.61.